The van der Waals surface area contributed by atoms with Gasteiger partial charge in [-0.15, -0.1) is 12.8 Å². The van der Waals surface area contributed by atoms with Gasteiger partial charge in [0.05, 0.1) is 17.2 Å². The smallest absolute Gasteiger partial charge is 0.312 e. The lowest BCUT2D eigenvalue weighted by atomic mass is 9.95. The Kier molecular flexibility index (Phi) is 14.1. The van der Waals surface area contributed by atoms with E-state index >= 15 is 4.39 Å². The maximum absolute atomic E-state index is 15.3. The molecule has 9 nitrogen and oxygen atoms in total. The molecule has 1 saturated heterocycles. The van der Waals surface area contributed by atoms with E-state index in [9.17, 15) is 23.9 Å². The van der Waals surface area contributed by atoms with E-state index in [2.05, 4.69) is 17.8 Å². The first-order valence-corrected chi connectivity index (χ1v) is 14.8. The van der Waals surface area contributed by atoms with Crippen LogP contribution in [-0.2, 0) is 9.59 Å². The van der Waals surface area contributed by atoms with Gasteiger partial charge in [-0.2, -0.15) is 0 Å². The predicted molar refractivity (Wildman–Crippen MR) is 173 cm³/mol. The van der Waals surface area contributed by atoms with Crippen LogP contribution in [0.2, 0.25) is 0 Å². The number of carbonyl (C=O) groups excluding carboxylic acids is 2. The van der Waals surface area contributed by atoms with Gasteiger partial charge in [-0.3, -0.25) is 14.4 Å². The molecular weight excluding hydrogens is 596 g/mol. The summed E-state index contributed by atoms with van der Waals surface area (Å²) in [5.41, 5.74) is 0.291. The van der Waals surface area contributed by atoms with E-state index in [1.165, 1.54) is 18.2 Å². The summed E-state index contributed by atoms with van der Waals surface area (Å²) in [5, 5.41) is 9.38. The molecule has 11 heteroatoms. The van der Waals surface area contributed by atoms with E-state index in [4.69, 9.17) is 9.47 Å². The van der Waals surface area contributed by atoms with Crippen LogP contribution in [0.15, 0.2) is 54.7 Å². The number of benzene rings is 2. The second-order valence-electron chi connectivity index (χ2n) is 10.8. The number of hydrogen-bond acceptors (Lipinski definition) is 7. The molecule has 0 radical (unpaired) electrons. The molecule has 0 atom stereocenters. The van der Waals surface area contributed by atoms with Crippen molar-refractivity contribution in [3.63, 3.8) is 0 Å². The number of para-hydroxylation sites is 1. The topological polar surface area (TPSA) is 109 Å². The number of carboxylic acid groups (broad SMARTS) is 1. The minimum atomic E-state index is -1.11. The van der Waals surface area contributed by atoms with E-state index in [0.29, 0.717) is 54.8 Å². The Morgan fingerprint density at radius 1 is 1.09 bits per heavy atom. The highest BCUT2D eigenvalue weighted by Gasteiger charge is 2.30. The zero-order valence-corrected chi connectivity index (χ0v) is 26.8. The van der Waals surface area contributed by atoms with Crippen LogP contribution in [0.5, 0.6) is 11.6 Å². The highest BCUT2D eigenvalue weighted by molar-refractivity contribution is 5.95. The average Bonchev–Trinajstić information content (AvgIpc) is 3.08. The molecule has 1 fully saturated rings. The van der Waals surface area contributed by atoms with Crippen molar-refractivity contribution in [1.82, 2.24) is 9.88 Å². The zero-order valence-electron chi connectivity index (χ0n) is 26.8. The number of aldehydes is 1. The number of aliphatic carboxylic acids is 1. The predicted octanol–water partition coefficient (Wildman–Crippen LogP) is 6.11. The lowest BCUT2D eigenvalue weighted by Crippen LogP contribution is -2.46. The van der Waals surface area contributed by atoms with Crippen LogP contribution in [0.3, 0.4) is 0 Å². The summed E-state index contributed by atoms with van der Waals surface area (Å²) >= 11 is 0. The zero-order chi connectivity index (χ0) is 34.4. The van der Waals surface area contributed by atoms with E-state index < -0.39 is 28.9 Å². The number of ether oxygens (including phenoxy) is 2. The Morgan fingerprint density at radius 3 is 2.35 bits per heavy atom. The third-order valence-corrected chi connectivity index (χ3v) is 7.33. The highest BCUT2D eigenvalue weighted by Crippen LogP contribution is 2.33. The first kappa shape index (κ1) is 37.2. The molecule has 1 N–H and O–H groups in total. The number of hydrogen-bond donors (Lipinski definition) is 1. The van der Waals surface area contributed by atoms with Crippen LogP contribution in [-0.4, -0.2) is 72.5 Å². The lowest BCUT2D eigenvalue weighted by molar-refractivity contribution is -0.148. The molecule has 0 bridgehead atoms. The number of nitrogens with zero attached hydrogens (tertiary/aromatic N) is 3. The highest BCUT2D eigenvalue weighted by atomic mass is 19.1. The van der Waals surface area contributed by atoms with Gasteiger partial charge in [-0.1, -0.05) is 38.1 Å². The maximum atomic E-state index is 15.3. The molecular formula is C35H41F2N3O6. The Labute approximate surface area is 269 Å². The van der Waals surface area contributed by atoms with Crippen LogP contribution in [0, 0.1) is 29.9 Å². The molecule has 0 spiro atoms. The Balaban J connectivity index is 0.00000177. The molecule has 0 saturated carbocycles. The summed E-state index contributed by atoms with van der Waals surface area (Å²) in [4.78, 5) is 42.8. The monoisotopic (exact) mass is 637 g/mol. The number of likely N-dealkylation sites (tertiary alicyclic amines) is 1. The molecule has 4 rings (SSSR count). The van der Waals surface area contributed by atoms with E-state index in [1.54, 1.807) is 56.1 Å². The van der Waals surface area contributed by atoms with Gasteiger partial charge in [0.25, 0.3) is 5.91 Å². The second-order valence-corrected chi connectivity index (χ2v) is 10.8. The van der Waals surface area contributed by atoms with Gasteiger partial charge < -0.3 is 24.4 Å². The van der Waals surface area contributed by atoms with Gasteiger partial charge in [-0.05, 0) is 50.5 Å². The molecule has 1 amide bonds. The molecule has 0 unspecified atom stereocenters. The van der Waals surface area contributed by atoms with Crippen LogP contribution in [0.4, 0.5) is 14.5 Å². The largest absolute Gasteiger partial charge is 0.492 e. The third-order valence-electron chi connectivity index (χ3n) is 7.33. The number of halogens is 2. The number of terminal acetylenes is 1. The van der Waals surface area contributed by atoms with Gasteiger partial charge >= 0.3 is 5.97 Å². The van der Waals surface area contributed by atoms with Crippen molar-refractivity contribution >= 4 is 23.9 Å². The summed E-state index contributed by atoms with van der Waals surface area (Å²) in [6.07, 6.45) is 10.7. The Bertz CT molecular complexity index is 1500. The number of aromatic nitrogens is 1. The van der Waals surface area contributed by atoms with Gasteiger partial charge in [0, 0.05) is 37.8 Å². The third kappa shape index (κ3) is 9.27. The molecule has 1 aliphatic heterocycles. The van der Waals surface area contributed by atoms with Crippen molar-refractivity contribution in [3.05, 3.63) is 71.9 Å². The quantitative estimate of drug-likeness (QED) is 0.198. The van der Waals surface area contributed by atoms with Crippen molar-refractivity contribution < 1.29 is 37.7 Å². The fourth-order valence-electron chi connectivity index (χ4n) is 4.72. The first-order valence-electron chi connectivity index (χ1n) is 14.8. The first-order chi connectivity index (χ1) is 22.0. The summed E-state index contributed by atoms with van der Waals surface area (Å²) in [6, 6.07) is 12.5. The minimum absolute atomic E-state index is 0.0603. The number of anilines is 1. The van der Waals surface area contributed by atoms with E-state index in [-0.39, 0.29) is 30.7 Å². The van der Waals surface area contributed by atoms with Gasteiger partial charge in [-0.25, -0.2) is 13.8 Å². The van der Waals surface area contributed by atoms with Gasteiger partial charge in [0.2, 0.25) is 5.88 Å². The number of rotatable bonds is 11. The second kappa shape index (κ2) is 17.5. The number of amides is 1. The Hall–Kier alpha value is -4.98. The van der Waals surface area contributed by atoms with E-state index in [0.717, 1.165) is 6.20 Å². The van der Waals surface area contributed by atoms with Crippen molar-refractivity contribution in [3.8, 4) is 35.6 Å². The SMILES string of the molecule is C#C.CC.CN(c1cc(F)cnc1OCC=O)C1CCN(C(=O)c2ccc(-c3ccccc3OCC(C)(C)C(=O)O)cc2F)CC1. The average molecular weight is 638 g/mol. The van der Waals surface area contributed by atoms with Gasteiger partial charge in [0.15, 0.2) is 6.29 Å². The minimum Gasteiger partial charge on any atom is -0.492 e. The van der Waals surface area contributed by atoms with Crippen LogP contribution in [0.25, 0.3) is 11.1 Å². The van der Waals surface area contributed by atoms with Crippen molar-refractivity contribution in [2.24, 2.45) is 5.41 Å². The summed E-state index contributed by atoms with van der Waals surface area (Å²) in [7, 11) is 1.77. The molecule has 3 aromatic rings. The molecule has 2 heterocycles. The molecule has 0 aliphatic carbocycles. The van der Waals surface area contributed by atoms with Crippen molar-refractivity contribution in [2.75, 3.05) is 38.3 Å². The molecule has 1 aliphatic rings. The Morgan fingerprint density at radius 2 is 1.74 bits per heavy atom. The molecule has 1 aromatic heterocycles. The molecule has 46 heavy (non-hydrogen) atoms. The lowest BCUT2D eigenvalue weighted by Gasteiger charge is -2.38. The molecule has 246 valence electrons. The summed E-state index contributed by atoms with van der Waals surface area (Å²) in [6.45, 7) is 7.54. The fraction of sp³-hybridized carbons (Fsp3) is 0.371. The molecule has 2 aromatic carbocycles. The van der Waals surface area contributed by atoms with Crippen LogP contribution >= 0.6 is 0 Å². The number of carboxylic acids is 1. The van der Waals surface area contributed by atoms with E-state index in [1.807, 2.05) is 18.7 Å². The standard InChI is InChI=1S/C31H33F2N3O6.C2H6.C2H2/c1-31(2,30(39)40)19-42-27-7-5-4-6-23(27)20-8-9-24(25(33)16-20)29(38)36-12-10-22(11-13-36)35(3)26-17-21(32)18-34-28(26)41-15-14-37;2*1-2/h4-9,14,16-18,22H,10-13,15,19H2,1-3H3,(H,39,40);1-2H3;1-2H. The number of piperidine rings is 1. The van der Waals surface area contributed by atoms with Crippen LogP contribution < -0.4 is 14.4 Å². The summed E-state index contributed by atoms with van der Waals surface area (Å²) in [5.74, 6) is -2.10. The summed E-state index contributed by atoms with van der Waals surface area (Å²) < 4.78 is 40.4. The number of pyridine rings is 1. The van der Waals surface area contributed by atoms with Crippen LogP contribution in [0.1, 0.15) is 50.9 Å². The van der Waals surface area contributed by atoms with Crippen molar-refractivity contribution in [1.29, 1.82) is 0 Å². The normalized spacial score (nSPS) is 12.8. The van der Waals surface area contributed by atoms with Crippen molar-refractivity contribution in [2.45, 2.75) is 46.6 Å². The fourth-order valence-corrected chi connectivity index (χ4v) is 4.72. The maximum Gasteiger partial charge on any atom is 0.312 e. The van der Waals surface area contributed by atoms with Gasteiger partial charge in [0.1, 0.15) is 36.3 Å². The number of carbonyl (C=O) groups is 3.